The maximum Gasteiger partial charge on any atom is 0.0695 e. The smallest absolute Gasteiger partial charge is 0.0695 e. The normalized spacial score (nSPS) is 39.9. The van der Waals surface area contributed by atoms with Gasteiger partial charge in [0.2, 0.25) is 0 Å². The van der Waals surface area contributed by atoms with E-state index in [0.717, 1.165) is 18.4 Å². The van der Waals surface area contributed by atoms with E-state index in [1.165, 1.54) is 32.2 Å². The molecule has 0 amide bonds. The van der Waals surface area contributed by atoms with Crippen molar-refractivity contribution < 1.29 is 5.11 Å². The van der Waals surface area contributed by atoms with Crippen molar-refractivity contribution in [1.29, 1.82) is 0 Å². The van der Waals surface area contributed by atoms with Gasteiger partial charge in [-0.05, 0) is 44.6 Å². The van der Waals surface area contributed by atoms with E-state index < -0.39 is 0 Å². The summed E-state index contributed by atoms with van der Waals surface area (Å²) < 4.78 is 0. The van der Waals surface area contributed by atoms with Crippen LogP contribution in [0.4, 0.5) is 0 Å². The summed E-state index contributed by atoms with van der Waals surface area (Å²) in [6.45, 7) is 5.83. The molecular formula is C12H23NO. The Morgan fingerprint density at radius 1 is 1.14 bits per heavy atom. The van der Waals surface area contributed by atoms with Crippen LogP contribution in [0.1, 0.15) is 46.0 Å². The summed E-state index contributed by atoms with van der Waals surface area (Å²) >= 11 is 0. The monoisotopic (exact) mass is 197 g/mol. The van der Waals surface area contributed by atoms with E-state index in [-0.39, 0.29) is 6.10 Å². The average Bonchev–Trinajstić information content (AvgIpc) is 2.70. The van der Waals surface area contributed by atoms with E-state index in [2.05, 4.69) is 18.7 Å². The van der Waals surface area contributed by atoms with E-state index in [0.29, 0.717) is 6.04 Å². The Bertz CT molecular complexity index is 193. The summed E-state index contributed by atoms with van der Waals surface area (Å²) in [5.74, 6) is 0.741. The zero-order valence-electron chi connectivity index (χ0n) is 9.45. The molecule has 2 fully saturated rings. The van der Waals surface area contributed by atoms with E-state index in [4.69, 9.17) is 0 Å². The molecule has 1 saturated carbocycles. The summed E-state index contributed by atoms with van der Waals surface area (Å²) in [5, 5.41) is 9.91. The number of hydrogen-bond acceptors (Lipinski definition) is 2. The average molecular weight is 197 g/mol. The number of hydrogen-bond donors (Lipinski definition) is 1. The third kappa shape index (κ3) is 1.82. The van der Waals surface area contributed by atoms with Crippen molar-refractivity contribution in [2.24, 2.45) is 5.92 Å². The summed E-state index contributed by atoms with van der Waals surface area (Å²) in [6, 6.07) is 1.21. The number of likely N-dealkylation sites (tertiary alicyclic amines) is 1. The fraction of sp³-hybridized carbons (Fsp3) is 1.00. The molecule has 82 valence electrons. The molecule has 0 bridgehead atoms. The lowest BCUT2D eigenvalue weighted by atomic mass is 10.00. The molecule has 2 heteroatoms. The molecule has 1 N–H and O–H groups in total. The Kier molecular flexibility index (Phi) is 3.13. The van der Waals surface area contributed by atoms with Crippen molar-refractivity contribution in [3.8, 4) is 0 Å². The maximum atomic E-state index is 9.91. The van der Waals surface area contributed by atoms with Gasteiger partial charge >= 0.3 is 0 Å². The second-order valence-corrected chi connectivity index (χ2v) is 5.26. The molecule has 0 aromatic rings. The molecule has 1 aliphatic carbocycles. The SMILES string of the molecule is CC(C)C1CCCN1[C@@H]1CCC[C@H]1O. The third-order valence-corrected chi connectivity index (χ3v) is 3.98. The summed E-state index contributed by atoms with van der Waals surface area (Å²) in [4.78, 5) is 2.59. The van der Waals surface area contributed by atoms with Crippen molar-refractivity contribution >= 4 is 0 Å². The van der Waals surface area contributed by atoms with Crippen molar-refractivity contribution in [3.05, 3.63) is 0 Å². The van der Waals surface area contributed by atoms with E-state index >= 15 is 0 Å². The van der Waals surface area contributed by atoms with Gasteiger partial charge in [-0.15, -0.1) is 0 Å². The van der Waals surface area contributed by atoms with Crippen LogP contribution >= 0.6 is 0 Å². The van der Waals surface area contributed by atoms with E-state index in [1.807, 2.05) is 0 Å². The standard InChI is InChI=1S/C12H23NO/c1-9(2)10-6-4-8-13(10)11-5-3-7-12(11)14/h9-12,14H,3-8H2,1-2H3/t10?,11-,12-/m1/s1. The van der Waals surface area contributed by atoms with Crippen LogP contribution in [0.5, 0.6) is 0 Å². The van der Waals surface area contributed by atoms with Gasteiger partial charge in [0.1, 0.15) is 0 Å². The lowest BCUT2D eigenvalue weighted by molar-refractivity contribution is 0.0513. The first-order chi connectivity index (χ1) is 6.70. The molecule has 0 aromatic heterocycles. The van der Waals surface area contributed by atoms with Gasteiger partial charge in [-0.25, -0.2) is 0 Å². The zero-order chi connectivity index (χ0) is 10.1. The van der Waals surface area contributed by atoms with Crippen LogP contribution in [-0.4, -0.2) is 34.7 Å². The van der Waals surface area contributed by atoms with Crippen LogP contribution in [-0.2, 0) is 0 Å². The van der Waals surface area contributed by atoms with Crippen LogP contribution in [0, 0.1) is 5.92 Å². The molecule has 2 aliphatic rings. The highest BCUT2D eigenvalue weighted by Crippen LogP contribution is 2.32. The van der Waals surface area contributed by atoms with Crippen LogP contribution in [0.3, 0.4) is 0 Å². The molecule has 0 radical (unpaired) electrons. The second kappa shape index (κ2) is 4.19. The van der Waals surface area contributed by atoms with Crippen molar-refractivity contribution in [3.63, 3.8) is 0 Å². The van der Waals surface area contributed by atoms with Gasteiger partial charge in [0.05, 0.1) is 6.10 Å². The minimum absolute atomic E-state index is 0.0469. The van der Waals surface area contributed by atoms with Crippen molar-refractivity contribution in [2.45, 2.75) is 64.1 Å². The highest BCUT2D eigenvalue weighted by atomic mass is 16.3. The fourth-order valence-corrected chi connectivity index (χ4v) is 3.25. The van der Waals surface area contributed by atoms with Gasteiger partial charge < -0.3 is 5.11 Å². The molecule has 1 heterocycles. The number of aliphatic hydroxyl groups is 1. The minimum atomic E-state index is -0.0469. The van der Waals surface area contributed by atoms with Gasteiger partial charge in [-0.1, -0.05) is 13.8 Å². The zero-order valence-corrected chi connectivity index (χ0v) is 9.45. The molecule has 1 unspecified atom stereocenters. The van der Waals surface area contributed by atoms with Crippen molar-refractivity contribution in [1.82, 2.24) is 4.90 Å². The predicted octanol–water partition coefficient (Wildman–Crippen LogP) is 2.02. The Hall–Kier alpha value is -0.0800. The fourth-order valence-electron chi connectivity index (χ4n) is 3.25. The highest BCUT2D eigenvalue weighted by Gasteiger charge is 2.37. The van der Waals surface area contributed by atoms with Crippen molar-refractivity contribution in [2.75, 3.05) is 6.54 Å². The Labute approximate surface area is 87.3 Å². The van der Waals surface area contributed by atoms with Crippen LogP contribution in [0.15, 0.2) is 0 Å². The molecule has 0 spiro atoms. The Morgan fingerprint density at radius 3 is 2.50 bits per heavy atom. The minimum Gasteiger partial charge on any atom is -0.391 e. The first-order valence-corrected chi connectivity index (χ1v) is 6.14. The van der Waals surface area contributed by atoms with E-state index in [1.54, 1.807) is 0 Å². The molecular weight excluding hydrogens is 174 g/mol. The third-order valence-electron chi connectivity index (χ3n) is 3.98. The number of aliphatic hydroxyl groups excluding tert-OH is 1. The maximum absolute atomic E-state index is 9.91. The predicted molar refractivity (Wildman–Crippen MR) is 58.2 cm³/mol. The molecule has 14 heavy (non-hydrogen) atoms. The molecule has 3 atom stereocenters. The largest absolute Gasteiger partial charge is 0.391 e. The van der Waals surface area contributed by atoms with Crippen LogP contribution < -0.4 is 0 Å². The van der Waals surface area contributed by atoms with Crippen LogP contribution in [0.25, 0.3) is 0 Å². The number of rotatable bonds is 2. The molecule has 1 aliphatic heterocycles. The first kappa shape index (κ1) is 10.4. The summed E-state index contributed by atoms with van der Waals surface area (Å²) in [6.07, 6.45) is 6.06. The summed E-state index contributed by atoms with van der Waals surface area (Å²) in [7, 11) is 0. The molecule has 1 saturated heterocycles. The lowest BCUT2D eigenvalue weighted by Crippen LogP contribution is -2.45. The molecule has 0 aromatic carbocycles. The van der Waals surface area contributed by atoms with Gasteiger partial charge in [-0.3, -0.25) is 4.90 Å². The summed E-state index contributed by atoms with van der Waals surface area (Å²) in [5.41, 5.74) is 0. The van der Waals surface area contributed by atoms with Gasteiger partial charge in [0.25, 0.3) is 0 Å². The Balaban J connectivity index is 2.01. The van der Waals surface area contributed by atoms with Gasteiger partial charge in [0, 0.05) is 12.1 Å². The van der Waals surface area contributed by atoms with E-state index in [9.17, 15) is 5.11 Å². The van der Waals surface area contributed by atoms with Gasteiger partial charge in [-0.2, -0.15) is 0 Å². The number of nitrogens with zero attached hydrogens (tertiary/aromatic N) is 1. The van der Waals surface area contributed by atoms with Gasteiger partial charge in [0.15, 0.2) is 0 Å². The lowest BCUT2D eigenvalue weighted by Gasteiger charge is -2.34. The second-order valence-electron chi connectivity index (χ2n) is 5.26. The highest BCUT2D eigenvalue weighted by molar-refractivity contribution is 4.92. The Morgan fingerprint density at radius 2 is 1.93 bits per heavy atom. The van der Waals surface area contributed by atoms with Crippen LogP contribution in [0.2, 0.25) is 0 Å². The molecule has 2 nitrogen and oxygen atoms in total. The first-order valence-electron chi connectivity index (χ1n) is 6.14. The topological polar surface area (TPSA) is 23.5 Å². The molecule has 2 rings (SSSR count). The quantitative estimate of drug-likeness (QED) is 0.732.